The quantitative estimate of drug-likeness (QED) is 0.626. The molecule has 6 heteroatoms. The van der Waals surface area contributed by atoms with Gasteiger partial charge in [-0.1, -0.05) is 6.92 Å². The summed E-state index contributed by atoms with van der Waals surface area (Å²) in [7, 11) is 0. The summed E-state index contributed by atoms with van der Waals surface area (Å²) < 4.78 is 5.26. The zero-order chi connectivity index (χ0) is 14.5. The highest BCUT2D eigenvalue weighted by Gasteiger charge is 2.28. The van der Waals surface area contributed by atoms with E-state index in [4.69, 9.17) is 4.74 Å². The zero-order valence-corrected chi connectivity index (χ0v) is 11.4. The first-order valence-corrected chi connectivity index (χ1v) is 6.78. The van der Waals surface area contributed by atoms with Crippen LogP contribution in [-0.4, -0.2) is 28.5 Å². The van der Waals surface area contributed by atoms with Gasteiger partial charge in [-0.25, -0.2) is 4.79 Å². The predicted molar refractivity (Wildman–Crippen MR) is 73.3 cm³/mol. The van der Waals surface area contributed by atoms with Crippen LogP contribution in [-0.2, 0) is 11.3 Å². The fourth-order valence-corrected chi connectivity index (χ4v) is 2.44. The Kier molecular flexibility index (Phi) is 4.55. The van der Waals surface area contributed by atoms with Crippen molar-refractivity contribution in [2.24, 2.45) is 0 Å². The molecule has 108 valence electrons. The number of hydrogen-bond donors (Lipinski definition) is 0. The lowest BCUT2D eigenvalue weighted by Gasteiger charge is -2.22. The van der Waals surface area contributed by atoms with Gasteiger partial charge in [-0.15, -0.1) is 0 Å². The van der Waals surface area contributed by atoms with Crippen LogP contribution in [0.2, 0.25) is 0 Å². The maximum Gasteiger partial charge on any atom is 0.410 e. The van der Waals surface area contributed by atoms with E-state index in [1.54, 1.807) is 17.0 Å². The van der Waals surface area contributed by atoms with E-state index in [2.05, 4.69) is 6.92 Å². The van der Waals surface area contributed by atoms with Crippen LogP contribution in [0.25, 0.3) is 0 Å². The molecular weight excluding hydrogens is 260 g/mol. The van der Waals surface area contributed by atoms with E-state index in [9.17, 15) is 14.9 Å². The van der Waals surface area contributed by atoms with E-state index in [0.717, 1.165) is 31.4 Å². The lowest BCUT2D eigenvalue weighted by molar-refractivity contribution is -0.384. The number of amides is 1. The van der Waals surface area contributed by atoms with Crippen molar-refractivity contribution in [3.05, 3.63) is 39.9 Å². The number of nitrogens with zero attached hydrogens (tertiary/aromatic N) is 2. The molecule has 0 bridgehead atoms. The molecule has 0 radical (unpaired) electrons. The molecule has 1 saturated heterocycles. The second-order valence-electron chi connectivity index (χ2n) is 4.88. The second-order valence-corrected chi connectivity index (χ2v) is 4.88. The maximum atomic E-state index is 12.0. The number of ether oxygens (including phenoxy) is 1. The molecule has 0 aromatic heterocycles. The number of likely N-dealkylation sites (tertiary alicyclic amines) is 1. The molecule has 0 saturated carbocycles. The van der Waals surface area contributed by atoms with Gasteiger partial charge in [0.2, 0.25) is 0 Å². The number of benzene rings is 1. The molecule has 0 spiro atoms. The molecule has 1 unspecified atom stereocenters. The largest absolute Gasteiger partial charge is 0.445 e. The summed E-state index contributed by atoms with van der Waals surface area (Å²) in [5, 5.41) is 10.5. The lowest BCUT2D eigenvalue weighted by atomic mass is 10.2. The Hall–Kier alpha value is -2.11. The summed E-state index contributed by atoms with van der Waals surface area (Å²) in [5.41, 5.74) is 0.780. The van der Waals surface area contributed by atoms with Crippen molar-refractivity contribution in [2.45, 2.75) is 38.8 Å². The average Bonchev–Trinajstić information content (AvgIpc) is 2.93. The number of rotatable bonds is 4. The van der Waals surface area contributed by atoms with Crippen LogP contribution < -0.4 is 0 Å². The van der Waals surface area contributed by atoms with Gasteiger partial charge < -0.3 is 9.64 Å². The summed E-state index contributed by atoms with van der Waals surface area (Å²) in [4.78, 5) is 23.8. The molecule has 1 aromatic rings. The molecular formula is C14H18N2O4. The number of nitro groups is 1. The standard InChI is InChI=1S/C14H18N2O4/c1-2-12-4-3-9-15(12)14(17)20-10-11-5-7-13(8-6-11)16(18)19/h5-8,12H,2-4,9-10H2,1H3. The lowest BCUT2D eigenvalue weighted by Crippen LogP contribution is -2.35. The second kappa shape index (κ2) is 6.36. The first kappa shape index (κ1) is 14.3. The minimum absolute atomic E-state index is 0.0330. The molecule has 6 nitrogen and oxygen atoms in total. The maximum absolute atomic E-state index is 12.0. The Bertz CT molecular complexity index is 486. The summed E-state index contributed by atoms with van der Waals surface area (Å²) in [5.74, 6) is 0. The highest BCUT2D eigenvalue weighted by atomic mass is 16.6. The van der Waals surface area contributed by atoms with E-state index in [1.807, 2.05) is 0 Å². The topological polar surface area (TPSA) is 72.7 Å². The SMILES string of the molecule is CCC1CCCN1C(=O)OCc1ccc([N+](=O)[O-])cc1. The normalized spacial score (nSPS) is 18.1. The highest BCUT2D eigenvalue weighted by Crippen LogP contribution is 2.21. The summed E-state index contributed by atoms with van der Waals surface area (Å²) in [6, 6.07) is 6.31. The molecule has 1 fully saturated rings. The number of carbonyl (C=O) groups is 1. The first-order chi connectivity index (χ1) is 9.61. The molecule has 1 heterocycles. The van der Waals surface area contributed by atoms with Crippen molar-refractivity contribution in [3.63, 3.8) is 0 Å². The van der Waals surface area contributed by atoms with Crippen molar-refractivity contribution in [1.29, 1.82) is 0 Å². The van der Waals surface area contributed by atoms with Crippen molar-refractivity contribution >= 4 is 11.8 Å². The average molecular weight is 278 g/mol. The molecule has 1 aromatic carbocycles. The van der Waals surface area contributed by atoms with Crippen molar-refractivity contribution in [3.8, 4) is 0 Å². The Morgan fingerprint density at radius 1 is 1.45 bits per heavy atom. The number of hydrogen-bond acceptors (Lipinski definition) is 4. The van der Waals surface area contributed by atoms with Crippen LogP contribution in [0.4, 0.5) is 10.5 Å². The monoisotopic (exact) mass is 278 g/mol. The van der Waals surface area contributed by atoms with E-state index in [-0.39, 0.29) is 24.4 Å². The van der Waals surface area contributed by atoms with E-state index in [0.29, 0.717) is 0 Å². The van der Waals surface area contributed by atoms with Crippen molar-refractivity contribution in [1.82, 2.24) is 4.90 Å². The summed E-state index contributed by atoms with van der Waals surface area (Å²) in [6.07, 6.45) is 2.69. The predicted octanol–water partition coefficient (Wildman–Crippen LogP) is 3.11. The zero-order valence-electron chi connectivity index (χ0n) is 11.4. The Morgan fingerprint density at radius 3 is 2.75 bits per heavy atom. The third-order valence-electron chi connectivity index (χ3n) is 3.59. The van der Waals surface area contributed by atoms with Crippen LogP contribution in [0.15, 0.2) is 24.3 Å². The van der Waals surface area contributed by atoms with Crippen LogP contribution >= 0.6 is 0 Å². The van der Waals surface area contributed by atoms with E-state index in [1.165, 1.54) is 12.1 Å². The van der Waals surface area contributed by atoms with Crippen LogP contribution in [0.3, 0.4) is 0 Å². The third-order valence-corrected chi connectivity index (χ3v) is 3.59. The molecule has 0 aliphatic carbocycles. The first-order valence-electron chi connectivity index (χ1n) is 6.78. The van der Waals surface area contributed by atoms with Crippen LogP contribution in [0.5, 0.6) is 0 Å². The molecule has 1 amide bonds. The van der Waals surface area contributed by atoms with E-state index >= 15 is 0 Å². The molecule has 20 heavy (non-hydrogen) atoms. The van der Waals surface area contributed by atoms with E-state index < -0.39 is 4.92 Å². The minimum Gasteiger partial charge on any atom is -0.445 e. The molecule has 1 atom stereocenters. The third kappa shape index (κ3) is 3.26. The minimum atomic E-state index is -0.453. The van der Waals surface area contributed by atoms with Crippen LogP contribution in [0.1, 0.15) is 31.7 Å². The van der Waals surface area contributed by atoms with Crippen LogP contribution in [0, 0.1) is 10.1 Å². The molecule has 1 aliphatic heterocycles. The van der Waals surface area contributed by atoms with Gasteiger partial charge in [-0.3, -0.25) is 10.1 Å². The fraction of sp³-hybridized carbons (Fsp3) is 0.500. The molecule has 0 N–H and O–H groups in total. The summed E-state index contributed by atoms with van der Waals surface area (Å²) >= 11 is 0. The van der Waals surface area contributed by atoms with Gasteiger partial charge in [0.25, 0.3) is 5.69 Å². The van der Waals surface area contributed by atoms with Gasteiger partial charge in [-0.05, 0) is 37.0 Å². The number of carbonyl (C=O) groups excluding carboxylic acids is 1. The van der Waals surface area contributed by atoms with Gasteiger partial charge in [0.15, 0.2) is 0 Å². The Balaban J connectivity index is 1.88. The number of nitro benzene ring substituents is 1. The number of non-ortho nitro benzene ring substituents is 1. The van der Waals surface area contributed by atoms with Gasteiger partial charge in [0, 0.05) is 24.7 Å². The Labute approximate surface area is 117 Å². The molecule has 2 rings (SSSR count). The highest BCUT2D eigenvalue weighted by molar-refractivity contribution is 5.68. The van der Waals surface area contributed by atoms with Gasteiger partial charge in [0.1, 0.15) is 6.61 Å². The smallest absolute Gasteiger partial charge is 0.410 e. The van der Waals surface area contributed by atoms with Crippen molar-refractivity contribution < 1.29 is 14.5 Å². The summed E-state index contributed by atoms with van der Waals surface area (Å²) in [6.45, 7) is 2.95. The Morgan fingerprint density at radius 2 is 2.15 bits per heavy atom. The van der Waals surface area contributed by atoms with Gasteiger partial charge >= 0.3 is 6.09 Å². The fourth-order valence-electron chi connectivity index (χ4n) is 2.44. The molecule has 1 aliphatic rings. The van der Waals surface area contributed by atoms with Gasteiger partial charge in [0.05, 0.1) is 4.92 Å². The van der Waals surface area contributed by atoms with Gasteiger partial charge in [-0.2, -0.15) is 0 Å². The van der Waals surface area contributed by atoms with Crippen molar-refractivity contribution in [2.75, 3.05) is 6.54 Å².